The van der Waals surface area contributed by atoms with Gasteiger partial charge in [-0.25, -0.2) is 9.38 Å². The van der Waals surface area contributed by atoms with Crippen LogP contribution in [-0.2, 0) is 4.74 Å². The van der Waals surface area contributed by atoms with Crippen LogP contribution < -0.4 is 0 Å². The van der Waals surface area contributed by atoms with Crippen molar-refractivity contribution in [2.24, 2.45) is 4.99 Å². The predicted molar refractivity (Wildman–Crippen MR) is 69.2 cm³/mol. The average molecular weight is 254 g/mol. The highest BCUT2D eigenvalue weighted by Crippen LogP contribution is 2.16. The SMILES string of the molecule is C=C(Cl)/N=C(\CC)OC(=C)c1ccc(F)cc1. The quantitative estimate of drug-likeness (QED) is 0.339. The maximum Gasteiger partial charge on any atom is 0.195 e. The number of hydrogen-bond donors (Lipinski definition) is 0. The fraction of sp³-hybridized carbons (Fsp3) is 0.154. The maximum absolute atomic E-state index is 12.7. The van der Waals surface area contributed by atoms with E-state index in [-0.39, 0.29) is 11.0 Å². The Bertz CT molecular complexity index is 451. The van der Waals surface area contributed by atoms with Crippen LogP contribution in [0.4, 0.5) is 4.39 Å². The van der Waals surface area contributed by atoms with Crippen LogP contribution in [0.25, 0.3) is 5.76 Å². The van der Waals surface area contributed by atoms with Gasteiger partial charge in [0.15, 0.2) is 5.90 Å². The van der Waals surface area contributed by atoms with Crippen molar-refractivity contribution in [3.63, 3.8) is 0 Å². The third-order valence-electron chi connectivity index (χ3n) is 1.96. The van der Waals surface area contributed by atoms with Crippen molar-refractivity contribution in [3.8, 4) is 0 Å². The molecule has 1 rings (SSSR count). The lowest BCUT2D eigenvalue weighted by Gasteiger charge is -2.09. The predicted octanol–water partition coefficient (Wildman–Crippen LogP) is 4.33. The second-order valence-electron chi connectivity index (χ2n) is 3.27. The summed E-state index contributed by atoms with van der Waals surface area (Å²) in [6.07, 6.45) is 0.561. The van der Waals surface area contributed by atoms with Crippen molar-refractivity contribution in [2.45, 2.75) is 13.3 Å². The first-order valence-corrected chi connectivity index (χ1v) is 5.45. The van der Waals surface area contributed by atoms with Crippen LogP contribution in [0.5, 0.6) is 0 Å². The molecule has 17 heavy (non-hydrogen) atoms. The Labute approximate surface area is 105 Å². The summed E-state index contributed by atoms with van der Waals surface area (Å²) in [7, 11) is 0. The van der Waals surface area contributed by atoms with E-state index in [1.54, 1.807) is 12.1 Å². The minimum atomic E-state index is -0.305. The Hall–Kier alpha value is -1.61. The van der Waals surface area contributed by atoms with E-state index < -0.39 is 0 Å². The van der Waals surface area contributed by atoms with Gasteiger partial charge in [0.2, 0.25) is 0 Å². The molecule has 0 N–H and O–H groups in total. The average Bonchev–Trinajstić information content (AvgIpc) is 2.28. The normalized spacial score (nSPS) is 11.1. The van der Waals surface area contributed by atoms with E-state index in [9.17, 15) is 4.39 Å². The molecular weight excluding hydrogens is 241 g/mol. The number of ether oxygens (including phenoxy) is 1. The first-order valence-electron chi connectivity index (χ1n) is 5.07. The van der Waals surface area contributed by atoms with Crippen LogP contribution in [0.1, 0.15) is 18.9 Å². The van der Waals surface area contributed by atoms with Crippen molar-refractivity contribution in [1.29, 1.82) is 0 Å². The molecule has 0 radical (unpaired) electrons. The highest BCUT2D eigenvalue weighted by atomic mass is 35.5. The highest BCUT2D eigenvalue weighted by molar-refractivity contribution is 6.29. The second kappa shape index (κ2) is 6.21. The van der Waals surface area contributed by atoms with Crippen molar-refractivity contribution in [1.82, 2.24) is 0 Å². The van der Waals surface area contributed by atoms with Crippen LogP contribution >= 0.6 is 11.6 Å². The lowest BCUT2D eigenvalue weighted by atomic mass is 10.2. The Kier molecular flexibility index (Phi) is 4.91. The number of rotatable bonds is 4. The van der Waals surface area contributed by atoms with Crippen molar-refractivity contribution in [2.75, 3.05) is 0 Å². The van der Waals surface area contributed by atoms with Gasteiger partial charge in [-0.1, -0.05) is 31.7 Å². The largest absolute Gasteiger partial charge is 0.443 e. The number of benzene rings is 1. The molecule has 0 spiro atoms. The molecule has 1 aromatic rings. The van der Waals surface area contributed by atoms with E-state index in [1.165, 1.54) is 12.1 Å². The van der Waals surface area contributed by atoms with Crippen molar-refractivity contribution in [3.05, 3.63) is 54.0 Å². The zero-order chi connectivity index (χ0) is 12.8. The molecule has 0 aliphatic rings. The molecular formula is C13H13ClFNO. The minimum absolute atomic E-state index is 0.147. The third-order valence-corrected chi connectivity index (χ3v) is 2.04. The fourth-order valence-electron chi connectivity index (χ4n) is 1.15. The topological polar surface area (TPSA) is 21.6 Å². The van der Waals surface area contributed by atoms with Gasteiger partial charge in [-0.3, -0.25) is 0 Å². The molecule has 90 valence electrons. The lowest BCUT2D eigenvalue weighted by molar-refractivity contribution is 0.494. The highest BCUT2D eigenvalue weighted by Gasteiger charge is 2.04. The molecule has 0 unspecified atom stereocenters. The summed E-state index contributed by atoms with van der Waals surface area (Å²) in [4.78, 5) is 3.91. The standard InChI is InChI=1S/C13H13ClFNO/c1-4-13(16-10(3)14)17-9(2)11-5-7-12(15)8-6-11/h5-8H,2-4H2,1H3/b16-13+. The van der Waals surface area contributed by atoms with E-state index in [1.807, 2.05) is 6.92 Å². The molecule has 1 aromatic carbocycles. The van der Waals surface area contributed by atoms with Crippen molar-refractivity contribution < 1.29 is 9.13 Å². The Morgan fingerprint density at radius 3 is 2.41 bits per heavy atom. The third kappa shape index (κ3) is 4.41. The van der Waals surface area contributed by atoms with Crippen LogP contribution in [0.3, 0.4) is 0 Å². The van der Waals surface area contributed by atoms with Crippen LogP contribution in [-0.4, -0.2) is 5.90 Å². The van der Waals surface area contributed by atoms with Gasteiger partial charge in [-0.2, -0.15) is 0 Å². The van der Waals surface area contributed by atoms with Gasteiger partial charge >= 0.3 is 0 Å². The molecule has 0 fully saturated rings. The molecule has 4 heteroatoms. The van der Waals surface area contributed by atoms with Crippen LogP contribution in [0, 0.1) is 5.82 Å². The number of aliphatic imine (C=N–C) groups is 1. The molecule has 0 amide bonds. The monoisotopic (exact) mass is 253 g/mol. The summed E-state index contributed by atoms with van der Waals surface area (Å²) >= 11 is 5.56. The smallest absolute Gasteiger partial charge is 0.195 e. The molecule has 0 aliphatic heterocycles. The van der Waals surface area contributed by atoms with E-state index in [0.29, 0.717) is 23.6 Å². The molecule has 0 saturated carbocycles. The molecule has 0 aliphatic carbocycles. The van der Waals surface area contributed by atoms with Gasteiger partial charge in [0.05, 0.1) is 0 Å². The zero-order valence-corrected chi connectivity index (χ0v) is 10.3. The summed E-state index contributed by atoms with van der Waals surface area (Å²) in [6.45, 7) is 9.08. The summed E-state index contributed by atoms with van der Waals surface area (Å²) in [6, 6.07) is 5.85. The first kappa shape index (κ1) is 13.5. The fourth-order valence-corrected chi connectivity index (χ4v) is 1.24. The lowest BCUT2D eigenvalue weighted by Crippen LogP contribution is -2.02. The van der Waals surface area contributed by atoms with Crippen LogP contribution in [0.15, 0.2) is 47.6 Å². The molecule has 0 saturated heterocycles. The van der Waals surface area contributed by atoms with Gasteiger partial charge in [0.1, 0.15) is 16.7 Å². The summed E-state index contributed by atoms with van der Waals surface area (Å²) in [5.74, 6) is 0.503. The molecule has 2 nitrogen and oxygen atoms in total. The second-order valence-corrected chi connectivity index (χ2v) is 3.70. The van der Waals surface area contributed by atoms with E-state index in [2.05, 4.69) is 18.2 Å². The Morgan fingerprint density at radius 1 is 1.35 bits per heavy atom. The maximum atomic E-state index is 12.7. The summed E-state index contributed by atoms with van der Waals surface area (Å²) < 4.78 is 18.2. The number of nitrogens with zero attached hydrogens (tertiary/aromatic N) is 1. The first-order chi connectivity index (χ1) is 8.02. The number of hydrogen-bond acceptors (Lipinski definition) is 2. The number of halogens is 2. The Morgan fingerprint density at radius 2 is 1.94 bits per heavy atom. The van der Waals surface area contributed by atoms with Gasteiger partial charge in [0.25, 0.3) is 0 Å². The summed E-state index contributed by atoms with van der Waals surface area (Å²) in [5, 5.41) is 0.147. The van der Waals surface area contributed by atoms with E-state index in [0.717, 1.165) is 0 Å². The van der Waals surface area contributed by atoms with Crippen LogP contribution in [0.2, 0.25) is 0 Å². The van der Waals surface area contributed by atoms with Crippen molar-refractivity contribution >= 4 is 23.3 Å². The molecule has 0 atom stereocenters. The van der Waals surface area contributed by atoms with Gasteiger partial charge in [-0.05, 0) is 24.3 Å². The minimum Gasteiger partial charge on any atom is -0.443 e. The molecule has 0 aromatic heterocycles. The van der Waals surface area contributed by atoms with Gasteiger partial charge in [0, 0.05) is 12.0 Å². The van der Waals surface area contributed by atoms with E-state index >= 15 is 0 Å². The van der Waals surface area contributed by atoms with Gasteiger partial charge in [-0.15, -0.1) is 0 Å². The van der Waals surface area contributed by atoms with E-state index in [4.69, 9.17) is 16.3 Å². The molecule has 0 heterocycles. The van der Waals surface area contributed by atoms with Gasteiger partial charge < -0.3 is 4.74 Å². The summed E-state index contributed by atoms with van der Waals surface area (Å²) in [5.41, 5.74) is 0.688. The Balaban J connectivity index is 2.78. The molecule has 0 bridgehead atoms. The zero-order valence-electron chi connectivity index (χ0n) is 9.54.